The SMILES string of the molecule is COc1cc(CCNC(=O)CCc2c(C)c3ccc(C)cc3oc2=O)ccc1OC(F)F. The summed E-state index contributed by atoms with van der Waals surface area (Å²) in [5.41, 5.74) is 3.23. The van der Waals surface area contributed by atoms with Crippen molar-refractivity contribution in [3.05, 3.63) is 69.1 Å². The molecule has 0 saturated carbocycles. The maximum Gasteiger partial charge on any atom is 0.387 e. The predicted octanol–water partition coefficient (Wildman–Crippen LogP) is 4.31. The molecule has 1 amide bonds. The molecule has 0 aliphatic carbocycles. The summed E-state index contributed by atoms with van der Waals surface area (Å²) in [5.74, 6) is -0.0460. The first-order valence-corrected chi connectivity index (χ1v) is 10.2. The summed E-state index contributed by atoms with van der Waals surface area (Å²) in [6, 6.07) is 10.3. The van der Waals surface area contributed by atoms with E-state index in [0.717, 1.165) is 22.1 Å². The van der Waals surface area contributed by atoms with Crippen LogP contribution in [-0.4, -0.2) is 26.2 Å². The molecule has 1 N–H and O–H groups in total. The van der Waals surface area contributed by atoms with E-state index in [4.69, 9.17) is 9.15 Å². The average Bonchev–Trinajstić information content (AvgIpc) is 2.73. The van der Waals surface area contributed by atoms with Gasteiger partial charge in [-0.3, -0.25) is 4.79 Å². The van der Waals surface area contributed by atoms with Crippen molar-refractivity contribution in [2.75, 3.05) is 13.7 Å². The molecule has 0 radical (unpaired) electrons. The molecule has 8 heteroatoms. The van der Waals surface area contributed by atoms with Gasteiger partial charge in [0.15, 0.2) is 11.5 Å². The number of fused-ring (bicyclic) bond motifs is 1. The van der Waals surface area contributed by atoms with Crippen molar-refractivity contribution in [3.63, 3.8) is 0 Å². The number of rotatable bonds is 9. The van der Waals surface area contributed by atoms with Crippen molar-refractivity contribution < 1.29 is 27.5 Å². The highest BCUT2D eigenvalue weighted by Gasteiger charge is 2.14. The van der Waals surface area contributed by atoms with Gasteiger partial charge in [-0.25, -0.2) is 4.79 Å². The van der Waals surface area contributed by atoms with Gasteiger partial charge in [-0.15, -0.1) is 0 Å². The van der Waals surface area contributed by atoms with Gasteiger partial charge in [0.25, 0.3) is 0 Å². The fraction of sp³-hybridized carbons (Fsp3) is 0.333. The van der Waals surface area contributed by atoms with Gasteiger partial charge in [0, 0.05) is 23.9 Å². The van der Waals surface area contributed by atoms with Crippen LogP contribution in [0.5, 0.6) is 11.5 Å². The first-order chi connectivity index (χ1) is 15.3. The molecule has 3 aromatic rings. The second-order valence-corrected chi connectivity index (χ2v) is 7.46. The van der Waals surface area contributed by atoms with E-state index in [-0.39, 0.29) is 30.2 Å². The lowest BCUT2D eigenvalue weighted by Gasteiger charge is -2.12. The molecular weight excluding hydrogens is 420 g/mol. The third kappa shape index (κ3) is 5.63. The highest BCUT2D eigenvalue weighted by Crippen LogP contribution is 2.29. The summed E-state index contributed by atoms with van der Waals surface area (Å²) in [6.45, 7) is 1.19. The normalized spacial score (nSPS) is 11.1. The Morgan fingerprint density at radius 1 is 1.09 bits per heavy atom. The van der Waals surface area contributed by atoms with E-state index in [0.29, 0.717) is 24.1 Å². The number of aryl methyl sites for hydroxylation is 2. The molecule has 3 rings (SSSR count). The van der Waals surface area contributed by atoms with Crippen LogP contribution in [0, 0.1) is 13.8 Å². The minimum Gasteiger partial charge on any atom is -0.493 e. The lowest BCUT2D eigenvalue weighted by atomic mass is 10.0. The summed E-state index contributed by atoms with van der Waals surface area (Å²) in [5, 5.41) is 3.67. The third-order valence-electron chi connectivity index (χ3n) is 5.22. The summed E-state index contributed by atoms with van der Waals surface area (Å²) in [7, 11) is 1.37. The van der Waals surface area contributed by atoms with Gasteiger partial charge in [-0.2, -0.15) is 8.78 Å². The van der Waals surface area contributed by atoms with E-state index in [9.17, 15) is 18.4 Å². The van der Waals surface area contributed by atoms with Crippen LogP contribution in [0.1, 0.15) is 28.7 Å². The smallest absolute Gasteiger partial charge is 0.387 e. The Balaban J connectivity index is 1.56. The molecule has 0 fully saturated rings. The highest BCUT2D eigenvalue weighted by molar-refractivity contribution is 5.82. The van der Waals surface area contributed by atoms with Crippen LogP contribution in [0.4, 0.5) is 8.78 Å². The second-order valence-electron chi connectivity index (χ2n) is 7.46. The van der Waals surface area contributed by atoms with Crippen molar-refractivity contribution >= 4 is 16.9 Å². The number of halogens is 2. The molecule has 0 atom stereocenters. The summed E-state index contributed by atoms with van der Waals surface area (Å²) >= 11 is 0. The van der Waals surface area contributed by atoms with E-state index in [1.807, 2.05) is 32.0 Å². The number of benzene rings is 2. The Kier molecular flexibility index (Phi) is 7.45. The first kappa shape index (κ1) is 23.2. The van der Waals surface area contributed by atoms with E-state index in [1.54, 1.807) is 12.1 Å². The molecule has 0 spiro atoms. The maximum absolute atomic E-state index is 12.4. The first-order valence-electron chi connectivity index (χ1n) is 10.2. The Labute approximate surface area is 184 Å². The highest BCUT2D eigenvalue weighted by atomic mass is 19.3. The maximum atomic E-state index is 12.4. The molecule has 32 heavy (non-hydrogen) atoms. The minimum atomic E-state index is -2.94. The van der Waals surface area contributed by atoms with E-state index >= 15 is 0 Å². The molecule has 0 aliphatic rings. The Morgan fingerprint density at radius 2 is 1.88 bits per heavy atom. The number of ether oxygens (including phenoxy) is 2. The zero-order valence-electron chi connectivity index (χ0n) is 18.2. The molecule has 1 aromatic heterocycles. The van der Waals surface area contributed by atoms with E-state index in [1.165, 1.54) is 13.2 Å². The van der Waals surface area contributed by atoms with Crippen LogP contribution in [-0.2, 0) is 17.6 Å². The van der Waals surface area contributed by atoms with Gasteiger partial charge < -0.3 is 19.2 Å². The second kappa shape index (κ2) is 10.3. The average molecular weight is 445 g/mol. The van der Waals surface area contributed by atoms with E-state index in [2.05, 4.69) is 10.1 Å². The zero-order valence-corrected chi connectivity index (χ0v) is 18.2. The molecular formula is C24H25F2NO5. The number of alkyl halides is 2. The van der Waals surface area contributed by atoms with Crippen molar-refractivity contribution in [1.82, 2.24) is 5.32 Å². The molecule has 0 saturated heterocycles. The minimum absolute atomic E-state index is 0.0463. The summed E-state index contributed by atoms with van der Waals surface area (Å²) in [6.07, 6.45) is 0.901. The van der Waals surface area contributed by atoms with Crippen molar-refractivity contribution in [3.8, 4) is 11.5 Å². The van der Waals surface area contributed by atoms with Gasteiger partial charge in [0.1, 0.15) is 5.58 Å². The third-order valence-corrected chi connectivity index (χ3v) is 5.22. The van der Waals surface area contributed by atoms with Crippen LogP contribution in [0.2, 0.25) is 0 Å². The molecule has 0 aliphatic heterocycles. The lowest BCUT2D eigenvalue weighted by Crippen LogP contribution is -2.26. The number of hydrogen-bond donors (Lipinski definition) is 1. The monoisotopic (exact) mass is 445 g/mol. The molecule has 0 unspecified atom stereocenters. The van der Waals surface area contributed by atoms with Crippen LogP contribution >= 0.6 is 0 Å². The van der Waals surface area contributed by atoms with Crippen molar-refractivity contribution in [2.24, 2.45) is 0 Å². The van der Waals surface area contributed by atoms with Gasteiger partial charge in [-0.1, -0.05) is 18.2 Å². The van der Waals surface area contributed by atoms with Gasteiger partial charge in [0.05, 0.1) is 7.11 Å². The van der Waals surface area contributed by atoms with Crippen molar-refractivity contribution in [1.29, 1.82) is 0 Å². The number of methoxy groups -OCH3 is 1. The van der Waals surface area contributed by atoms with Crippen LogP contribution < -0.4 is 20.4 Å². The summed E-state index contributed by atoms with van der Waals surface area (Å²) in [4.78, 5) is 24.6. The predicted molar refractivity (Wildman–Crippen MR) is 117 cm³/mol. The fourth-order valence-corrected chi connectivity index (χ4v) is 3.52. The van der Waals surface area contributed by atoms with Gasteiger partial charge >= 0.3 is 12.2 Å². The summed E-state index contributed by atoms with van der Waals surface area (Å²) < 4.78 is 39.7. The van der Waals surface area contributed by atoms with Gasteiger partial charge in [-0.05, 0) is 61.6 Å². The molecule has 1 heterocycles. The van der Waals surface area contributed by atoms with Crippen LogP contribution in [0.3, 0.4) is 0 Å². The quantitative estimate of drug-likeness (QED) is 0.497. The van der Waals surface area contributed by atoms with Crippen LogP contribution in [0.15, 0.2) is 45.6 Å². The fourth-order valence-electron chi connectivity index (χ4n) is 3.52. The van der Waals surface area contributed by atoms with Gasteiger partial charge in [0.2, 0.25) is 5.91 Å². The molecule has 170 valence electrons. The molecule has 2 aromatic carbocycles. The number of hydrogen-bond acceptors (Lipinski definition) is 5. The molecule has 6 nitrogen and oxygen atoms in total. The number of carbonyl (C=O) groups excluding carboxylic acids is 1. The Hall–Kier alpha value is -3.42. The lowest BCUT2D eigenvalue weighted by molar-refractivity contribution is -0.121. The number of nitrogens with one attached hydrogen (secondary N) is 1. The molecule has 0 bridgehead atoms. The van der Waals surface area contributed by atoms with Crippen molar-refractivity contribution in [2.45, 2.75) is 39.7 Å². The Morgan fingerprint density at radius 3 is 2.59 bits per heavy atom. The topological polar surface area (TPSA) is 77.8 Å². The van der Waals surface area contributed by atoms with E-state index < -0.39 is 12.2 Å². The standard InChI is InChI=1S/C24H25F2NO5/c1-14-4-6-17-15(2)18(23(29)31-20(17)12-14)7-9-22(28)27-11-10-16-5-8-19(32-24(25)26)21(13-16)30-3/h4-6,8,12-13,24H,7,9-11H2,1-3H3,(H,27,28). The number of amides is 1. The largest absolute Gasteiger partial charge is 0.493 e. The zero-order chi connectivity index (χ0) is 23.3. The Bertz CT molecular complexity index is 1170. The number of carbonyl (C=O) groups is 1. The van der Waals surface area contributed by atoms with Crippen LogP contribution in [0.25, 0.3) is 11.0 Å².